The molecular weight excluding hydrogens is 248 g/mol. The summed E-state index contributed by atoms with van der Waals surface area (Å²) in [6, 6.07) is 8.05. The summed E-state index contributed by atoms with van der Waals surface area (Å²) in [6.45, 7) is 0. The van der Waals surface area contributed by atoms with Gasteiger partial charge in [0.05, 0.1) is 12.1 Å². The van der Waals surface area contributed by atoms with Gasteiger partial charge >= 0.3 is 5.97 Å². The molecule has 7 heteroatoms. The van der Waals surface area contributed by atoms with Gasteiger partial charge in [-0.05, 0) is 17.7 Å². The van der Waals surface area contributed by atoms with E-state index in [0.717, 1.165) is 0 Å². The van der Waals surface area contributed by atoms with Crippen LogP contribution in [0.4, 0.5) is 5.82 Å². The molecule has 19 heavy (non-hydrogen) atoms. The zero-order valence-corrected chi connectivity index (χ0v) is 9.91. The fourth-order valence-corrected chi connectivity index (χ4v) is 1.65. The van der Waals surface area contributed by atoms with Gasteiger partial charge in [0.2, 0.25) is 0 Å². The van der Waals surface area contributed by atoms with Crippen molar-refractivity contribution in [2.75, 3.05) is 5.73 Å². The predicted octanol–water partition coefficient (Wildman–Crippen LogP) is 0.180. The zero-order chi connectivity index (χ0) is 14.0. The Morgan fingerprint density at radius 2 is 1.89 bits per heavy atom. The Hall–Kier alpha value is -2.83. The van der Waals surface area contributed by atoms with E-state index in [-0.39, 0.29) is 17.9 Å². The quantitative estimate of drug-likeness (QED) is 0.723. The van der Waals surface area contributed by atoms with Crippen molar-refractivity contribution in [3.05, 3.63) is 41.6 Å². The highest BCUT2D eigenvalue weighted by Crippen LogP contribution is 2.15. The molecule has 0 aliphatic rings. The SMILES string of the molecule is NC(=O)c1cc(N)n(-c2ccc(CC(=O)O)cc2)n1. The minimum atomic E-state index is -0.901. The molecule has 1 aromatic heterocycles. The van der Waals surface area contributed by atoms with Crippen molar-refractivity contribution in [1.82, 2.24) is 9.78 Å². The Morgan fingerprint density at radius 1 is 1.26 bits per heavy atom. The first kappa shape index (κ1) is 12.6. The van der Waals surface area contributed by atoms with E-state index in [4.69, 9.17) is 16.6 Å². The number of nitrogens with zero attached hydrogens (tertiary/aromatic N) is 2. The number of hydrogen-bond donors (Lipinski definition) is 3. The second kappa shape index (κ2) is 4.81. The number of amides is 1. The van der Waals surface area contributed by atoms with Crippen LogP contribution in [0.1, 0.15) is 16.1 Å². The van der Waals surface area contributed by atoms with Gasteiger partial charge in [-0.3, -0.25) is 9.59 Å². The lowest BCUT2D eigenvalue weighted by Crippen LogP contribution is -2.12. The number of anilines is 1. The van der Waals surface area contributed by atoms with E-state index in [1.165, 1.54) is 10.7 Å². The number of carbonyl (C=O) groups excluding carboxylic acids is 1. The maximum Gasteiger partial charge on any atom is 0.307 e. The summed E-state index contributed by atoms with van der Waals surface area (Å²) in [5.41, 5.74) is 12.2. The standard InChI is InChI=1S/C12H12N4O3/c13-10-6-9(12(14)19)15-16(10)8-3-1-7(2-4-8)5-11(17)18/h1-4,6H,5,13H2,(H2,14,19)(H,17,18). The van der Waals surface area contributed by atoms with Crippen LogP contribution in [0.25, 0.3) is 5.69 Å². The Morgan fingerprint density at radius 3 is 2.37 bits per heavy atom. The molecule has 2 aromatic rings. The number of carbonyl (C=O) groups is 2. The number of carboxylic acid groups (broad SMARTS) is 1. The molecule has 0 saturated carbocycles. The summed E-state index contributed by atoms with van der Waals surface area (Å²) < 4.78 is 1.37. The summed E-state index contributed by atoms with van der Waals surface area (Å²) in [4.78, 5) is 21.6. The molecule has 5 N–H and O–H groups in total. The van der Waals surface area contributed by atoms with E-state index in [9.17, 15) is 9.59 Å². The molecular formula is C12H12N4O3. The van der Waals surface area contributed by atoms with Crippen molar-refractivity contribution in [3.63, 3.8) is 0 Å². The number of rotatable bonds is 4. The number of carboxylic acids is 1. The molecule has 0 bridgehead atoms. The third kappa shape index (κ3) is 2.71. The van der Waals surface area contributed by atoms with Crippen LogP contribution in [0.5, 0.6) is 0 Å². The molecule has 1 amide bonds. The number of primary amides is 1. The van der Waals surface area contributed by atoms with Crippen molar-refractivity contribution >= 4 is 17.7 Å². The molecule has 0 fully saturated rings. The van der Waals surface area contributed by atoms with Crippen molar-refractivity contribution in [2.24, 2.45) is 5.73 Å². The molecule has 2 rings (SSSR count). The van der Waals surface area contributed by atoms with E-state index in [2.05, 4.69) is 5.10 Å². The first-order valence-electron chi connectivity index (χ1n) is 5.44. The fourth-order valence-electron chi connectivity index (χ4n) is 1.65. The Bertz CT molecular complexity index is 631. The van der Waals surface area contributed by atoms with Crippen LogP contribution < -0.4 is 11.5 Å². The first-order chi connectivity index (χ1) is 8.97. The number of nitrogen functional groups attached to an aromatic ring is 1. The van der Waals surface area contributed by atoms with Crippen molar-refractivity contribution in [2.45, 2.75) is 6.42 Å². The van der Waals surface area contributed by atoms with Crippen LogP contribution in [0.2, 0.25) is 0 Å². The third-order valence-electron chi connectivity index (χ3n) is 2.53. The number of aliphatic carboxylic acids is 1. The first-order valence-corrected chi connectivity index (χ1v) is 5.44. The minimum absolute atomic E-state index is 0.0542. The second-order valence-electron chi connectivity index (χ2n) is 3.97. The smallest absolute Gasteiger partial charge is 0.307 e. The zero-order valence-electron chi connectivity index (χ0n) is 9.91. The van der Waals surface area contributed by atoms with Crippen LogP contribution in [0, 0.1) is 0 Å². The topological polar surface area (TPSA) is 124 Å². The molecule has 0 unspecified atom stereocenters. The molecule has 0 radical (unpaired) electrons. The molecule has 0 aliphatic carbocycles. The lowest BCUT2D eigenvalue weighted by molar-refractivity contribution is -0.136. The van der Waals surface area contributed by atoms with Gasteiger partial charge in [-0.1, -0.05) is 12.1 Å². The number of nitrogens with two attached hydrogens (primary N) is 2. The van der Waals surface area contributed by atoms with Gasteiger partial charge < -0.3 is 16.6 Å². The summed E-state index contributed by atoms with van der Waals surface area (Å²) >= 11 is 0. The normalized spacial score (nSPS) is 10.3. The Labute approximate surface area is 108 Å². The maximum atomic E-state index is 11.0. The van der Waals surface area contributed by atoms with Crippen LogP contribution in [-0.4, -0.2) is 26.8 Å². The Balaban J connectivity index is 2.31. The average molecular weight is 260 g/mol. The van der Waals surface area contributed by atoms with Crippen LogP contribution in [0.15, 0.2) is 30.3 Å². The Kier molecular flexibility index (Phi) is 3.19. The number of hydrogen-bond acceptors (Lipinski definition) is 4. The average Bonchev–Trinajstić information content (AvgIpc) is 2.72. The molecule has 0 aliphatic heterocycles. The summed E-state index contributed by atoms with van der Waals surface area (Å²) in [5, 5.41) is 12.6. The van der Waals surface area contributed by atoms with E-state index in [1.54, 1.807) is 24.3 Å². The summed E-state index contributed by atoms with van der Waals surface area (Å²) in [6.07, 6.45) is -0.0542. The lowest BCUT2D eigenvalue weighted by Gasteiger charge is -2.04. The van der Waals surface area contributed by atoms with Gasteiger partial charge in [-0.25, -0.2) is 4.68 Å². The third-order valence-corrected chi connectivity index (χ3v) is 2.53. The highest BCUT2D eigenvalue weighted by atomic mass is 16.4. The van der Waals surface area contributed by atoms with Crippen LogP contribution in [-0.2, 0) is 11.2 Å². The highest BCUT2D eigenvalue weighted by Gasteiger charge is 2.11. The number of benzene rings is 1. The second-order valence-corrected chi connectivity index (χ2v) is 3.97. The van der Waals surface area contributed by atoms with Crippen molar-refractivity contribution in [1.29, 1.82) is 0 Å². The predicted molar refractivity (Wildman–Crippen MR) is 67.8 cm³/mol. The maximum absolute atomic E-state index is 11.0. The summed E-state index contributed by atoms with van der Waals surface area (Å²) in [5.74, 6) is -1.28. The van der Waals surface area contributed by atoms with Gasteiger partial charge in [0, 0.05) is 6.07 Å². The van der Waals surface area contributed by atoms with Gasteiger partial charge in [-0.15, -0.1) is 0 Å². The van der Waals surface area contributed by atoms with E-state index in [0.29, 0.717) is 11.3 Å². The molecule has 1 aromatic carbocycles. The van der Waals surface area contributed by atoms with E-state index < -0.39 is 11.9 Å². The summed E-state index contributed by atoms with van der Waals surface area (Å²) in [7, 11) is 0. The molecule has 1 heterocycles. The van der Waals surface area contributed by atoms with Crippen molar-refractivity contribution in [3.8, 4) is 5.69 Å². The number of aromatic nitrogens is 2. The van der Waals surface area contributed by atoms with Crippen molar-refractivity contribution < 1.29 is 14.7 Å². The van der Waals surface area contributed by atoms with E-state index in [1.807, 2.05) is 0 Å². The minimum Gasteiger partial charge on any atom is -0.481 e. The lowest BCUT2D eigenvalue weighted by atomic mass is 10.1. The molecule has 7 nitrogen and oxygen atoms in total. The van der Waals surface area contributed by atoms with Gasteiger partial charge in [0.1, 0.15) is 5.82 Å². The van der Waals surface area contributed by atoms with Gasteiger partial charge in [0.15, 0.2) is 5.69 Å². The van der Waals surface area contributed by atoms with E-state index >= 15 is 0 Å². The molecule has 0 saturated heterocycles. The monoisotopic (exact) mass is 260 g/mol. The van der Waals surface area contributed by atoms with Gasteiger partial charge in [0.25, 0.3) is 5.91 Å². The molecule has 98 valence electrons. The highest BCUT2D eigenvalue weighted by molar-refractivity contribution is 5.91. The van der Waals surface area contributed by atoms with Crippen LogP contribution in [0.3, 0.4) is 0 Å². The fraction of sp³-hybridized carbons (Fsp3) is 0.0833. The largest absolute Gasteiger partial charge is 0.481 e. The van der Waals surface area contributed by atoms with Crippen LogP contribution >= 0.6 is 0 Å². The van der Waals surface area contributed by atoms with Gasteiger partial charge in [-0.2, -0.15) is 5.10 Å². The molecule has 0 atom stereocenters. The molecule has 0 spiro atoms.